The van der Waals surface area contributed by atoms with Crippen molar-refractivity contribution in [3.05, 3.63) is 33.8 Å². The first-order valence-corrected chi connectivity index (χ1v) is 7.39. The van der Waals surface area contributed by atoms with Gasteiger partial charge in [0.25, 0.3) is 0 Å². The van der Waals surface area contributed by atoms with Gasteiger partial charge in [0.05, 0.1) is 5.75 Å². The minimum absolute atomic E-state index is 0.201. The van der Waals surface area contributed by atoms with Crippen LogP contribution in [0.3, 0.4) is 0 Å². The van der Waals surface area contributed by atoms with Crippen LogP contribution in [0.2, 0.25) is 10.0 Å². The fraction of sp³-hybridized carbons (Fsp3) is 0.364. The molecule has 4 nitrogen and oxygen atoms in total. The van der Waals surface area contributed by atoms with Gasteiger partial charge in [-0.05, 0) is 26.0 Å². The van der Waals surface area contributed by atoms with Crippen LogP contribution in [0.5, 0.6) is 0 Å². The Bertz CT molecular complexity index is 558. The number of carboxylic acid groups (broad SMARTS) is 1. The van der Waals surface area contributed by atoms with Crippen molar-refractivity contribution in [2.45, 2.75) is 24.3 Å². The van der Waals surface area contributed by atoms with E-state index >= 15 is 0 Å². The summed E-state index contributed by atoms with van der Waals surface area (Å²) in [6.45, 7) is 2.27. The highest BCUT2D eigenvalue weighted by Crippen LogP contribution is 2.30. The van der Waals surface area contributed by atoms with Crippen LogP contribution in [0.15, 0.2) is 18.2 Å². The zero-order valence-corrected chi connectivity index (χ0v) is 12.1. The Hall–Kier alpha value is -0.780. The predicted octanol–water partition coefficient (Wildman–Crippen LogP) is 2.77. The highest BCUT2D eigenvalue weighted by atomic mass is 35.5. The van der Waals surface area contributed by atoms with Gasteiger partial charge in [0.15, 0.2) is 14.6 Å². The molecular weight excluding hydrogens is 299 g/mol. The molecule has 1 aromatic carbocycles. The van der Waals surface area contributed by atoms with Crippen molar-refractivity contribution >= 4 is 39.0 Å². The maximum Gasteiger partial charge on any atom is 0.324 e. The van der Waals surface area contributed by atoms with E-state index in [9.17, 15) is 13.2 Å². The Labute approximate surface area is 115 Å². The molecule has 0 spiro atoms. The molecule has 0 unspecified atom stereocenters. The molecule has 0 aliphatic carbocycles. The summed E-state index contributed by atoms with van der Waals surface area (Å²) in [6.07, 6.45) is 0. The van der Waals surface area contributed by atoms with Gasteiger partial charge >= 0.3 is 5.97 Å². The van der Waals surface area contributed by atoms with Gasteiger partial charge in [-0.25, -0.2) is 8.42 Å². The molecule has 0 saturated carbocycles. The number of carbonyl (C=O) groups is 1. The third kappa shape index (κ3) is 2.79. The molecule has 0 amide bonds. The second-order valence-electron chi connectivity index (χ2n) is 4.27. The van der Waals surface area contributed by atoms with Crippen molar-refractivity contribution in [2.24, 2.45) is 0 Å². The van der Waals surface area contributed by atoms with Gasteiger partial charge in [-0.15, -0.1) is 0 Å². The molecule has 0 radical (unpaired) electrons. The van der Waals surface area contributed by atoms with Crippen molar-refractivity contribution in [1.29, 1.82) is 0 Å². The Morgan fingerprint density at radius 3 is 2.11 bits per heavy atom. The quantitative estimate of drug-likeness (QED) is 0.928. The smallest absolute Gasteiger partial charge is 0.324 e. The summed E-state index contributed by atoms with van der Waals surface area (Å²) < 4.78 is 22.2. The minimum Gasteiger partial charge on any atom is -0.480 e. The first-order chi connectivity index (χ1) is 8.09. The van der Waals surface area contributed by atoms with Gasteiger partial charge in [-0.2, -0.15) is 0 Å². The summed E-state index contributed by atoms with van der Waals surface area (Å²) >= 11 is 11.7. The summed E-state index contributed by atoms with van der Waals surface area (Å²) in [5.41, 5.74) is 0.218. The van der Waals surface area contributed by atoms with Crippen LogP contribution in [0.4, 0.5) is 0 Å². The Balaban J connectivity index is 3.23. The van der Waals surface area contributed by atoms with E-state index in [1.165, 1.54) is 12.1 Å². The van der Waals surface area contributed by atoms with Gasteiger partial charge < -0.3 is 5.11 Å². The summed E-state index contributed by atoms with van der Waals surface area (Å²) in [5.74, 6) is -1.92. The molecule has 0 heterocycles. The molecule has 1 aromatic rings. The predicted molar refractivity (Wildman–Crippen MR) is 70.8 cm³/mol. The molecule has 0 aliphatic rings. The first kappa shape index (κ1) is 15.3. The lowest BCUT2D eigenvalue weighted by Crippen LogP contribution is -2.41. The van der Waals surface area contributed by atoms with Gasteiger partial charge in [0.2, 0.25) is 0 Å². The van der Waals surface area contributed by atoms with E-state index in [0.29, 0.717) is 0 Å². The molecule has 1 N–H and O–H groups in total. The number of carboxylic acids is 1. The van der Waals surface area contributed by atoms with Crippen LogP contribution in [0.1, 0.15) is 19.4 Å². The Morgan fingerprint density at radius 2 is 1.72 bits per heavy atom. The van der Waals surface area contributed by atoms with Crippen molar-refractivity contribution in [3.63, 3.8) is 0 Å². The van der Waals surface area contributed by atoms with Crippen LogP contribution in [-0.2, 0) is 20.4 Å². The number of sulfone groups is 1. The summed E-state index contributed by atoms with van der Waals surface area (Å²) in [4.78, 5) is 11.0. The Morgan fingerprint density at radius 1 is 1.28 bits per heavy atom. The average molecular weight is 311 g/mol. The lowest BCUT2D eigenvalue weighted by atomic mass is 10.2. The zero-order chi connectivity index (χ0) is 14.1. The number of hydrogen-bond acceptors (Lipinski definition) is 3. The van der Waals surface area contributed by atoms with Crippen LogP contribution in [0.25, 0.3) is 0 Å². The largest absolute Gasteiger partial charge is 0.480 e. The molecule has 1 rings (SSSR count). The summed E-state index contributed by atoms with van der Waals surface area (Å²) in [6, 6.07) is 4.60. The molecule has 18 heavy (non-hydrogen) atoms. The molecule has 0 bridgehead atoms. The monoisotopic (exact) mass is 310 g/mol. The molecule has 0 aliphatic heterocycles. The second-order valence-corrected chi connectivity index (χ2v) is 7.63. The van der Waals surface area contributed by atoms with Crippen LogP contribution in [-0.4, -0.2) is 24.2 Å². The van der Waals surface area contributed by atoms with Gasteiger partial charge in [0, 0.05) is 15.6 Å². The van der Waals surface area contributed by atoms with Crippen molar-refractivity contribution in [3.8, 4) is 0 Å². The Kier molecular flexibility index (Phi) is 4.30. The van der Waals surface area contributed by atoms with E-state index in [-0.39, 0.29) is 15.6 Å². The number of benzene rings is 1. The zero-order valence-electron chi connectivity index (χ0n) is 9.78. The van der Waals surface area contributed by atoms with Crippen LogP contribution in [0, 0.1) is 0 Å². The maximum atomic E-state index is 12.1. The van der Waals surface area contributed by atoms with E-state index < -0.39 is 26.3 Å². The first-order valence-electron chi connectivity index (χ1n) is 4.98. The number of hydrogen-bond donors (Lipinski definition) is 1. The molecule has 100 valence electrons. The molecule has 0 fully saturated rings. The molecule has 0 atom stereocenters. The third-order valence-electron chi connectivity index (χ3n) is 2.69. The van der Waals surface area contributed by atoms with Gasteiger partial charge in [-0.3, -0.25) is 4.79 Å². The number of halogens is 2. The maximum absolute atomic E-state index is 12.1. The van der Waals surface area contributed by atoms with E-state index in [0.717, 1.165) is 13.8 Å². The topological polar surface area (TPSA) is 71.4 Å². The van der Waals surface area contributed by atoms with Crippen LogP contribution < -0.4 is 0 Å². The highest BCUT2D eigenvalue weighted by molar-refractivity contribution is 7.92. The van der Waals surface area contributed by atoms with E-state index in [2.05, 4.69) is 0 Å². The van der Waals surface area contributed by atoms with E-state index in [4.69, 9.17) is 28.3 Å². The van der Waals surface area contributed by atoms with E-state index in [1.54, 1.807) is 6.07 Å². The van der Waals surface area contributed by atoms with Gasteiger partial charge in [-0.1, -0.05) is 29.3 Å². The minimum atomic E-state index is -3.93. The SMILES string of the molecule is CC(C)(C(=O)O)S(=O)(=O)Cc1c(Cl)cccc1Cl. The lowest BCUT2D eigenvalue weighted by molar-refractivity contribution is -0.139. The molecular formula is C11H12Cl2O4S. The van der Waals surface area contributed by atoms with Crippen molar-refractivity contribution in [2.75, 3.05) is 0 Å². The summed E-state index contributed by atoms with van der Waals surface area (Å²) in [7, 11) is -3.93. The third-order valence-corrected chi connectivity index (χ3v) is 5.80. The van der Waals surface area contributed by atoms with Crippen molar-refractivity contribution in [1.82, 2.24) is 0 Å². The second kappa shape index (κ2) is 5.07. The van der Waals surface area contributed by atoms with Gasteiger partial charge in [0.1, 0.15) is 0 Å². The van der Waals surface area contributed by atoms with E-state index in [1.807, 2.05) is 0 Å². The molecule has 0 aromatic heterocycles. The summed E-state index contributed by atoms with van der Waals surface area (Å²) in [5, 5.41) is 9.35. The normalized spacial score (nSPS) is 12.4. The number of rotatable bonds is 4. The lowest BCUT2D eigenvalue weighted by Gasteiger charge is -2.20. The highest BCUT2D eigenvalue weighted by Gasteiger charge is 2.42. The van der Waals surface area contributed by atoms with Crippen LogP contribution >= 0.6 is 23.2 Å². The molecule has 7 heteroatoms. The van der Waals surface area contributed by atoms with Crippen molar-refractivity contribution < 1.29 is 18.3 Å². The molecule has 0 saturated heterocycles. The number of aliphatic carboxylic acids is 1. The average Bonchev–Trinajstić information content (AvgIpc) is 2.23. The fourth-order valence-corrected chi connectivity index (χ4v) is 3.18. The fourth-order valence-electron chi connectivity index (χ4n) is 1.17. The standard InChI is InChI=1S/C11H12Cl2O4S/c1-11(2,10(14)15)18(16,17)6-7-8(12)4-3-5-9(7)13/h3-5H,6H2,1-2H3,(H,14,15).